The van der Waals surface area contributed by atoms with Gasteiger partial charge in [0, 0.05) is 36.5 Å². The summed E-state index contributed by atoms with van der Waals surface area (Å²) in [6.45, 7) is 0. The number of hydrogen-bond acceptors (Lipinski definition) is 3. The van der Waals surface area contributed by atoms with E-state index in [9.17, 15) is 14.4 Å². The Morgan fingerprint density at radius 3 is 2.00 bits per heavy atom. The van der Waals surface area contributed by atoms with Crippen LogP contribution in [0.25, 0.3) is 0 Å². The van der Waals surface area contributed by atoms with Gasteiger partial charge in [-0.1, -0.05) is 18.2 Å². The van der Waals surface area contributed by atoms with Crippen molar-refractivity contribution < 1.29 is 14.4 Å². The smallest absolute Gasteiger partial charge is 0.254 e. The van der Waals surface area contributed by atoms with Gasteiger partial charge < -0.3 is 4.90 Å². The number of fused-ring (bicyclic) bond motifs is 2. The number of piperidine rings is 1. The molecule has 0 radical (unpaired) electrons. The maximum Gasteiger partial charge on any atom is 0.254 e. The molecule has 3 heterocycles. The zero-order valence-corrected chi connectivity index (χ0v) is 13.0. The van der Waals surface area contributed by atoms with Crippen molar-refractivity contribution in [3.63, 3.8) is 0 Å². The molecule has 0 N–H and O–H groups in total. The van der Waals surface area contributed by atoms with Crippen molar-refractivity contribution in [3.05, 3.63) is 35.9 Å². The van der Waals surface area contributed by atoms with E-state index in [2.05, 4.69) is 0 Å². The zero-order chi connectivity index (χ0) is 16.0. The van der Waals surface area contributed by atoms with E-state index in [0.717, 1.165) is 31.2 Å². The predicted octanol–water partition coefficient (Wildman–Crippen LogP) is 1.97. The van der Waals surface area contributed by atoms with Crippen molar-refractivity contribution in [1.82, 2.24) is 9.80 Å². The second-order valence-corrected chi connectivity index (χ2v) is 6.75. The summed E-state index contributed by atoms with van der Waals surface area (Å²) in [6.07, 6.45) is 4.08. The van der Waals surface area contributed by atoms with E-state index >= 15 is 0 Å². The Labute approximate surface area is 135 Å². The Morgan fingerprint density at radius 1 is 0.870 bits per heavy atom. The van der Waals surface area contributed by atoms with Crippen LogP contribution in [-0.4, -0.2) is 45.6 Å². The number of rotatable bonds is 2. The molecule has 0 saturated carbocycles. The first-order valence-electron chi connectivity index (χ1n) is 8.38. The third kappa shape index (κ3) is 2.35. The number of benzene rings is 1. The summed E-state index contributed by atoms with van der Waals surface area (Å²) in [5.74, 6) is 0.0000896. The number of carbonyl (C=O) groups excluding carboxylic acids is 3. The summed E-state index contributed by atoms with van der Waals surface area (Å²) < 4.78 is 0. The van der Waals surface area contributed by atoms with Gasteiger partial charge in [0.05, 0.1) is 0 Å². The summed E-state index contributed by atoms with van der Waals surface area (Å²) in [5.41, 5.74) is 0.719. The number of likely N-dealkylation sites (tertiary alicyclic amines) is 1. The lowest BCUT2D eigenvalue weighted by molar-refractivity contribution is -0.142. The monoisotopic (exact) mass is 312 g/mol. The minimum atomic E-state index is -0.0396. The molecule has 23 heavy (non-hydrogen) atoms. The van der Waals surface area contributed by atoms with Gasteiger partial charge in [-0.3, -0.25) is 19.3 Å². The fraction of sp³-hybridized carbons (Fsp3) is 0.500. The quantitative estimate of drug-likeness (QED) is 0.785. The van der Waals surface area contributed by atoms with Crippen LogP contribution in [0, 0.1) is 0 Å². The predicted molar refractivity (Wildman–Crippen MR) is 83.5 cm³/mol. The molecule has 4 rings (SSSR count). The van der Waals surface area contributed by atoms with Gasteiger partial charge in [-0.2, -0.15) is 0 Å². The van der Waals surface area contributed by atoms with Crippen molar-refractivity contribution in [2.75, 3.05) is 0 Å². The molecule has 0 aromatic heterocycles. The van der Waals surface area contributed by atoms with Crippen molar-refractivity contribution in [2.24, 2.45) is 0 Å². The molecule has 1 aromatic rings. The van der Waals surface area contributed by atoms with Gasteiger partial charge in [0.25, 0.3) is 5.91 Å². The van der Waals surface area contributed by atoms with E-state index in [4.69, 9.17) is 0 Å². The number of imide groups is 1. The van der Waals surface area contributed by atoms with Crippen LogP contribution in [0.4, 0.5) is 0 Å². The maximum atomic E-state index is 12.8. The average molecular weight is 312 g/mol. The lowest BCUT2D eigenvalue weighted by Gasteiger charge is -2.41. The van der Waals surface area contributed by atoms with Crippen LogP contribution in [0.15, 0.2) is 30.3 Å². The standard InChI is InChI=1S/C18H20N2O3/c21-16-8-9-17(22)20(16)15-10-13-6-7-14(11-15)19(13)18(23)12-4-2-1-3-5-12/h1-5,13-15H,6-11H2. The topological polar surface area (TPSA) is 57.7 Å². The second-order valence-electron chi connectivity index (χ2n) is 6.75. The molecule has 2 atom stereocenters. The Balaban J connectivity index is 1.53. The fourth-order valence-electron chi connectivity index (χ4n) is 4.42. The molecule has 3 saturated heterocycles. The zero-order valence-electron chi connectivity index (χ0n) is 13.0. The first-order valence-corrected chi connectivity index (χ1v) is 8.38. The van der Waals surface area contributed by atoms with Crippen molar-refractivity contribution >= 4 is 17.7 Å². The van der Waals surface area contributed by atoms with Gasteiger partial charge in [0.15, 0.2) is 0 Å². The first-order chi connectivity index (χ1) is 11.1. The van der Waals surface area contributed by atoms with Crippen molar-refractivity contribution in [2.45, 2.75) is 56.7 Å². The highest BCUT2D eigenvalue weighted by Gasteiger charge is 2.47. The molecule has 2 unspecified atom stereocenters. The van der Waals surface area contributed by atoms with Crippen LogP contribution in [0.3, 0.4) is 0 Å². The molecular weight excluding hydrogens is 292 g/mol. The minimum Gasteiger partial charge on any atom is -0.333 e. The molecule has 3 fully saturated rings. The van der Waals surface area contributed by atoms with Crippen molar-refractivity contribution in [1.29, 1.82) is 0 Å². The number of nitrogens with zero attached hydrogens (tertiary/aromatic N) is 2. The van der Waals surface area contributed by atoms with E-state index in [1.807, 2.05) is 35.2 Å². The van der Waals surface area contributed by atoms with E-state index in [1.165, 1.54) is 4.90 Å². The Bertz CT molecular complexity index is 627. The summed E-state index contributed by atoms with van der Waals surface area (Å²) in [5, 5.41) is 0. The van der Waals surface area contributed by atoms with Crippen LogP contribution in [0.2, 0.25) is 0 Å². The molecule has 0 spiro atoms. The summed E-state index contributed by atoms with van der Waals surface area (Å²) in [6, 6.07) is 9.63. The average Bonchev–Trinajstić information content (AvgIpc) is 3.03. The van der Waals surface area contributed by atoms with Crippen LogP contribution in [0.1, 0.15) is 48.9 Å². The Morgan fingerprint density at radius 2 is 1.43 bits per heavy atom. The SMILES string of the molecule is O=C1CCC(=O)N1C1CC2CCC(C1)N2C(=O)c1ccccc1. The van der Waals surface area contributed by atoms with Crippen LogP contribution < -0.4 is 0 Å². The van der Waals surface area contributed by atoms with E-state index in [1.54, 1.807) is 0 Å². The van der Waals surface area contributed by atoms with Gasteiger partial charge in [0.2, 0.25) is 11.8 Å². The van der Waals surface area contributed by atoms with Gasteiger partial charge in [-0.15, -0.1) is 0 Å². The molecule has 2 bridgehead atoms. The third-order valence-electron chi connectivity index (χ3n) is 5.42. The molecule has 5 nitrogen and oxygen atoms in total. The first kappa shape index (κ1) is 14.4. The number of carbonyl (C=O) groups is 3. The van der Waals surface area contributed by atoms with Crippen molar-refractivity contribution in [3.8, 4) is 0 Å². The molecule has 5 heteroatoms. The van der Waals surface area contributed by atoms with Gasteiger partial charge >= 0.3 is 0 Å². The minimum absolute atomic E-state index is 0.0187. The van der Waals surface area contributed by atoms with Crippen LogP contribution in [-0.2, 0) is 9.59 Å². The Kier molecular flexibility index (Phi) is 3.43. The molecule has 3 aliphatic rings. The highest BCUT2D eigenvalue weighted by Crippen LogP contribution is 2.39. The number of amides is 3. The highest BCUT2D eigenvalue weighted by atomic mass is 16.2. The lowest BCUT2D eigenvalue weighted by atomic mass is 9.95. The summed E-state index contributed by atoms with van der Waals surface area (Å²) >= 11 is 0. The normalized spacial score (nSPS) is 30.2. The fourth-order valence-corrected chi connectivity index (χ4v) is 4.42. The highest BCUT2D eigenvalue weighted by molar-refractivity contribution is 6.02. The summed E-state index contributed by atoms with van der Waals surface area (Å²) in [4.78, 5) is 40.2. The van der Waals surface area contributed by atoms with Crippen LogP contribution >= 0.6 is 0 Å². The van der Waals surface area contributed by atoms with Gasteiger partial charge in [-0.25, -0.2) is 0 Å². The molecular formula is C18H20N2O3. The van der Waals surface area contributed by atoms with Gasteiger partial charge in [0.1, 0.15) is 0 Å². The molecule has 120 valence electrons. The van der Waals surface area contributed by atoms with E-state index in [-0.39, 0.29) is 35.8 Å². The van der Waals surface area contributed by atoms with E-state index < -0.39 is 0 Å². The largest absolute Gasteiger partial charge is 0.333 e. The molecule has 3 amide bonds. The maximum absolute atomic E-state index is 12.8. The van der Waals surface area contributed by atoms with Gasteiger partial charge in [-0.05, 0) is 37.8 Å². The molecule has 1 aromatic carbocycles. The lowest BCUT2D eigenvalue weighted by Crippen LogP contribution is -2.53. The Hall–Kier alpha value is -2.17. The number of hydrogen-bond donors (Lipinski definition) is 0. The molecule has 3 aliphatic heterocycles. The summed E-state index contributed by atoms with van der Waals surface area (Å²) in [7, 11) is 0. The third-order valence-corrected chi connectivity index (χ3v) is 5.42. The second kappa shape index (κ2) is 5.48. The molecule has 0 aliphatic carbocycles. The van der Waals surface area contributed by atoms with E-state index in [0.29, 0.717) is 12.8 Å². The van der Waals surface area contributed by atoms with Crippen LogP contribution in [0.5, 0.6) is 0 Å².